The van der Waals surface area contributed by atoms with E-state index in [4.69, 9.17) is 0 Å². The minimum atomic E-state index is 0.134. The Bertz CT molecular complexity index is 1030. The van der Waals surface area contributed by atoms with Crippen molar-refractivity contribution in [1.82, 2.24) is 14.8 Å². The van der Waals surface area contributed by atoms with Gasteiger partial charge in [0.05, 0.1) is 12.3 Å². The second kappa shape index (κ2) is 7.67. The van der Waals surface area contributed by atoms with Gasteiger partial charge in [-0.15, -0.1) is 10.2 Å². The number of carbonyl (C=O) groups excluding carboxylic acids is 1. The fraction of sp³-hybridized carbons (Fsp3) is 0.348. The van der Waals surface area contributed by atoms with E-state index >= 15 is 0 Å². The van der Waals surface area contributed by atoms with Crippen molar-refractivity contribution in [2.45, 2.75) is 49.8 Å². The van der Waals surface area contributed by atoms with Gasteiger partial charge in [-0.3, -0.25) is 4.79 Å². The Kier molecular flexibility index (Phi) is 4.87. The van der Waals surface area contributed by atoms with Crippen molar-refractivity contribution in [2.75, 3.05) is 10.7 Å². The van der Waals surface area contributed by atoms with Crippen molar-refractivity contribution in [1.29, 1.82) is 0 Å². The summed E-state index contributed by atoms with van der Waals surface area (Å²) in [6.07, 6.45) is 3.28. The lowest BCUT2D eigenvalue weighted by Gasteiger charge is -2.22. The zero-order valence-electron chi connectivity index (χ0n) is 16.5. The Labute approximate surface area is 175 Å². The first kappa shape index (κ1) is 18.4. The summed E-state index contributed by atoms with van der Waals surface area (Å²) in [7, 11) is 0. The maximum atomic E-state index is 13.1. The van der Waals surface area contributed by atoms with Crippen molar-refractivity contribution in [3.63, 3.8) is 0 Å². The highest BCUT2D eigenvalue weighted by atomic mass is 32.2. The van der Waals surface area contributed by atoms with Gasteiger partial charge < -0.3 is 9.47 Å². The zero-order chi connectivity index (χ0) is 19.8. The van der Waals surface area contributed by atoms with E-state index in [2.05, 4.69) is 52.0 Å². The van der Waals surface area contributed by atoms with Gasteiger partial charge in [-0.25, -0.2) is 0 Å². The number of nitrogens with zero attached hydrogens (tertiary/aromatic N) is 4. The number of hydrogen-bond donors (Lipinski definition) is 0. The van der Waals surface area contributed by atoms with Gasteiger partial charge in [0.25, 0.3) is 0 Å². The number of amides is 1. The molecule has 1 aromatic heterocycles. The summed E-state index contributed by atoms with van der Waals surface area (Å²) in [6, 6.07) is 18.8. The summed E-state index contributed by atoms with van der Waals surface area (Å²) in [5.74, 6) is 2.08. The van der Waals surface area contributed by atoms with Crippen LogP contribution in [0.5, 0.6) is 0 Å². The number of carbonyl (C=O) groups is 1. The molecule has 2 aliphatic rings. The molecule has 29 heavy (non-hydrogen) atoms. The van der Waals surface area contributed by atoms with Crippen molar-refractivity contribution in [3.8, 4) is 0 Å². The maximum Gasteiger partial charge on any atom is 0.237 e. The molecule has 6 heteroatoms. The zero-order valence-corrected chi connectivity index (χ0v) is 17.3. The first-order chi connectivity index (χ1) is 14.2. The highest BCUT2D eigenvalue weighted by molar-refractivity contribution is 7.99. The van der Waals surface area contributed by atoms with E-state index in [-0.39, 0.29) is 11.9 Å². The van der Waals surface area contributed by atoms with Crippen molar-refractivity contribution < 1.29 is 4.79 Å². The lowest BCUT2D eigenvalue weighted by atomic mass is 10.1. The first-order valence-electron chi connectivity index (χ1n) is 10.2. The van der Waals surface area contributed by atoms with Crippen LogP contribution >= 0.6 is 11.8 Å². The number of rotatable bonds is 6. The summed E-state index contributed by atoms with van der Waals surface area (Å²) in [4.78, 5) is 15.0. The Hall–Kier alpha value is -2.60. The molecule has 1 saturated carbocycles. The molecule has 0 N–H and O–H groups in total. The molecular formula is C23H24N4OS. The summed E-state index contributed by atoms with van der Waals surface area (Å²) in [6.45, 7) is 2.87. The Morgan fingerprint density at radius 2 is 1.83 bits per heavy atom. The fourth-order valence-corrected chi connectivity index (χ4v) is 4.91. The van der Waals surface area contributed by atoms with Crippen LogP contribution in [0.4, 0.5) is 5.69 Å². The number of para-hydroxylation sites is 1. The summed E-state index contributed by atoms with van der Waals surface area (Å²) >= 11 is 1.50. The largest absolute Gasteiger partial charge is 0.308 e. The van der Waals surface area contributed by atoms with Crippen LogP contribution in [-0.4, -0.2) is 32.5 Å². The van der Waals surface area contributed by atoms with Gasteiger partial charge in [0.1, 0.15) is 5.82 Å². The second-order valence-corrected chi connectivity index (χ2v) is 8.86. The Morgan fingerprint density at radius 1 is 1.07 bits per heavy atom. The predicted molar refractivity (Wildman–Crippen MR) is 115 cm³/mol. The van der Waals surface area contributed by atoms with Crippen LogP contribution in [0.25, 0.3) is 0 Å². The molecule has 1 amide bonds. The van der Waals surface area contributed by atoms with Crippen molar-refractivity contribution in [2.24, 2.45) is 0 Å². The molecule has 1 aliphatic heterocycles. The summed E-state index contributed by atoms with van der Waals surface area (Å²) < 4.78 is 2.20. The van der Waals surface area contributed by atoms with Crippen LogP contribution in [0.15, 0.2) is 59.8 Å². The summed E-state index contributed by atoms with van der Waals surface area (Å²) in [5, 5.41) is 9.75. The van der Waals surface area contributed by atoms with E-state index in [0.29, 0.717) is 11.7 Å². The minimum Gasteiger partial charge on any atom is -0.308 e. The molecule has 3 aromatic rings. The molecule has 0 bridgehead atoms. The Morgan fingerprint density at radius 3 is 2.62 bits per heavy atom. The lowest BCUT2D eigenvalue weighted by Crippen LogP contribution is -2.37. The second-order valence-electron chi connectivity index (χ2n) is 7.92. The molecule has 5 nitrogen and oxygen atoms in total. The monoisotopic (exact) mass is 404 g/mol. The van der Waals surface area contributed by atoms with E-state index < -0.39 is 0 Å². The molecule has 1 atom stereocenters. The predicted octanol–water partition coefficient (Wildman–Crippen LogP) is 4.27. The van der Waals surface area contributed by atoms with Gasteiger partial charge in [-0.05, 0) is 43.4 Å². The third-order valence-corrected chi connectivity index (χ3v) is 6.62. The number of fused-ring (bicyclic) bond motifs is 1. The molecule has 0 radical (unpaired) electrons. The highest BCUT2D eigenvalue weighted by Gasteiger charge is 2.32. The lowest BCUT2D eigenvalue weighted by molar-refractivity contribution is -0.116. The van der Waals surface area contributed by atoms with Gasteiger partial charge in [-0.1, -0.05) is 60.3 Å². The number of hydrogen-bond acceptors (Lipinski definition) is 4. The quantitative estimate of drug-likeness (QED) is 0.576. The third kappa shape index (κ3) is 3.69. The molecule has 2 aromatic carbocycles. The molecule has 0 saturated heterocycles. The van der Waals surface area contributed by atoms with E-state index in [1.54, 1.807) is 0 Å². The number of thioether (sulfide) groups is 1. The molecular weight excluding hydrogens is 380 g/mol. The third-order valence-electron chi connectivity index (χ3n) is 5.67. The minimum absolute atomic E-state index is 0.134. The molecule has 0 spiro atoms. The number of aromatic nitrogens is 3. The van der Waals surface area contributed by atoms with E-state index in [9.17, 15) is 4.79 Å². The molecule has 1 aliphatic carbocycles. The van der Waals surface area contributed by atoms with Gasteiger partial charge in [0, 0.05) is 17.6 Å². The summed E-state index contributed by atoms with van der Waals surface area (Å²) in [5.41, 5.74) is 3.53. The van der Waals surface area contributed by atoms with Crippen LogP contribution in [0, 0.1) is 0 Å². The smallest absolute Gasteiger partial charge is 0.237 e. The maximum absolute atomic E-state index is 13.1. The fourth-order valence-electron chi connectivity index (χ4n) is 4.11. The van der Waals surface area contributed by atoms with Crippen molar-refractivity contribution in [3.05, 3.63) is 71.5 Å². The van der Waals surface area contributed by atoms with Crippen LogP contribution in [-0.2, 0) is 17.8 Å². The van der Waals surface area contributed by atoms with Crippen LogP contribution in [0.1, 0.15) is 42.6 Å². The standard InChI is InChI=1S/C23H24N4OS/c1-16-13-19-9-5-6-10-20(19)27(16)21(28)15-29-23-25-24-22(18-11-12-18)26(23)14-17-7-3-2-4-8-17/h2-10,16,18H,11-15H2,1H3/t16-/m0/s1. The van der Waals surface area contributed by atoms with Crippen LogP contribution in [0.3, 0.4) is 0 Å². The van der Waals surface area contributed by atoms with E-state index in [1.165, 1.54) is 35.7 Å². The molecule has 5 rings (SSSR count). The van der Waals surface area contributed by atoms with Crippen LogP contribution < -0.4 is 4.90 Å². The van der Waals surface area contributed by atoms with Gasteiger partial charge >= 0.3 is 0 Å². The van der Waals surface area contributed by atoms with Crippen LogP contribution in [0.2, 0.25) is 0 Å². The Balaban J connectivity index is 1.34. The number of benzene rings is 2. The highest BCUT2D eigenvalue weighted by Crippen LogP contribution is 2.40. The molecule has 2 heterocycles. The van der Waals surface area contributed by atoms with Crippen molar-refractivity contribution >= 4 is 23.4 Å². The first-order valence-corrected chi connectivity index (χ1v) is 11.2. The number of anilines is 1. The van der Waals surface area contributed by atoms with Gasteiger partial charge in [0.2, 0.25) is 5.91 Å². The topological polar surface area (TPSA) is 51.0 Å². The average molecular weight is 405 g/mol. The van der Waals surface area contributed by atoms with Gasteiger partial charge in [0.15, 0.2) is 5.16 Å². The van der Waals surface area contributed by atoms with E-state index in [1.807, 2.05) is 29.2 Å². The average Bonchev–Trinajstić information content (AvgIpc) is 3.41. The molecule has 1 fully saturated rings. The van der Waals surface area contributed by atoms with E-state index in [0.717, 1.165) is 29.6 Å². The molecule has 148 valence electrons. The normalized spacial score (nSPS) is 18.1. The SMILES string of the molecule is C[C@H]1Cc2ccccc2N1C(=O)CSc1nnc(C2CC2)n1Cc1ccccc1. The van der Waals surface area contributed by atoms with Gasteiger partial charge in [-0.2, -0.15) is 0 Å². The molecule has 0 unspecified atom stereocenters.